The molecular formula is C15H33FN2O. The van der Waals surface area contributed by atoms with Gasteiger partial charge in [0.15, 0.2) is 0 Å². The second kappa shape index (κ2) is 9.67. The van der Waals surface area contributed by atoms with E-state index < -0.39 is 0 Å². The van der Waals surface area contributed by atoms with Gasteiger partial charge in [0.05, 0.1) is 12.7 Å². The van der Waals surface area contributed by atoms with Crippen LogP contribution in [-0.2, 0) is 4.74 Å². The maximum absolute atomic E-state index is 6.01. The van der Waals surface area contributed by atoms with Crippen LogP contribution in [0, 0.1) is 5.92 Å². The number of hydrogen-bond acceptors (Lipinski definition) is 3. The highest BCUT2D eigenvalue weighted by Gasteiger charge is 2.30. The second-order valence-electron chi connectivity index (χ2n) is 6.14. The molecule has 0 spiro atoms. The molecule has 1 aliphatic rings. The fraction of sp³-hybridized carbons (Fsp3) is 1.00. The molecule has 0 aliphatic carbocycles. The summed E-state index contributed by atoms with van der Waals surface area (Å²) in [5.74, 6) is 0.816. The predicted molar refractivity (Wildman–Crippen MR) is 80.5 cm³/mol. The van der Waals surface area contributed by atoms with Gasteiger partial charge in [-0.25, -0.2) is 0 Å². The lowest BCUT2D eigenvalue weighted by Crippen LogP contribution is -2.53. The van der Waals surface area contributed by atoms with Crippen LogP contribution in [0.15, 0.2) is 0 Å². The molecule has 1 aliphatic heterocycles. The number of ether oxygens (including phenoxy) is 1. The molecule has 0 amide bonds. The normalized spacial score (nSPS) is 24.8. The molecule has 1 saturated heterocycles. The van der Waals surface area contributed by atoms with Gasteiger partial charge in [-0.15, -0.1) is 0 Å². The average molecular weight is 276 g/mol. The van der Waals surface area contributed by atoms with Gasteiger partial charge in [-0.05, 0) is 33.0 Å². The molecule has 0 N–H and O–H groups in total. The largest absolute Gasteiger partial charge is 0.374 e. The summed E-state index contributed by atoms with van der Waals surface area (Å²) in [6.45, 7) is 11.0. The van der Waals surface area contributed by atoms with Crippen LogP contribution in [0.5, 0.6) is 0 Å². The van der Waals surface area contributed by atoms with Gasteiger partial charge in [0, 0.05) is 19.1 Å². The number of likely N-dealkylation sites (N-methyl/N-ethyl adjacent to an activating group) is 2. The third-order valence-electron chi connectivity index (χ3n) is 4.08. The number of halogens is 1. The van der Waals surface area contributed by atoms with Gasteiger partial charge in [0.25, 0.3) is 0 Å². The van der Waals surface area contributed by atoms with E-state index in [1.807, 2.05) is 0 Å². The number of nitrogens with zero attached hydrogens (tertiary/aromatic N) is 2. The van der Waals surface area contributed by atoms with Gasteiger partial charge in [-0.3, -0.25) is 9.60 Å². The fourth-order valence-corrected chi connectivity index (χ4v) is 2.66. The Labute approximate surface area is 118 Å². The molecule has 4 heteroatoms. The molecule has 0 saturated carbocycles. The second-order valence-corrected chi connectivity index (χ2v) is 6.14. The topological polar surface area (TPSA) is 15.7 Å². The van der Waals surface area contributed by atoms with E-state index in [9.17, 15) is 0 Å². The van der Waals surface area contributed by atoms with Crippen molar-refractivity contribution in [1.29, 1.82) is 0 Å². The quantitative estimate of drug-likeness (QED) is 0.711. The fourth-order valence-electron chi connectivity index (χ4n) is 2.66. The summed E-state index contributed by atoms with van der Waals surface area (Å²) < 4.78 is 6.01. The van der Waals surface area contributed by atoms with Crippen molar-refractivity contribution >= 4 is 0 Å². The summed E-state index contributed by atoms with van der Waals surface area (Å²) in [5.41, 5.74) is 0. The van der Waals surface area contributed by atoms with Crippen LogP contribution >= 0.6 is 0 Å². The van der Waals surface area contributed by atoms with Gasteiger partial charge in [-0.2, -0.15) is 0 Å². The molecule has 0 aromatic rings. The molecule has 0 unspecified atom stereocenters. The lowest BCUT2D eigenvalue weighted by Gasteiger charge is -2.40. The molecule has 19 heavy (non-hydrogen) atoms. The predicted octanol–water partition coefficient (Wildman–Crippen LogP) is 2.62. The Bertz CT molecular complexity index is 226. The molecule has 0 radical (unpaired) electrons. The van der Waals surface area contributed by atoms with Crippen LogP contribution < -0.4 is 0 Å². The van der Waals surface area contributed by atoms with Gasteiger partial charge >= 0.3 is 0 Å². The van der Waals surface area contributed by atoms with Crippen molar-refractivity contribution < 1.29 is 9.44 Å². The first-order chi connectivity index (χ1) is 8.54. The van der Waals surface area contributed by atoms with E-state index in [1.54, 1.807) is 0 Å². The molecular weight excluding hydrogens is 243 g/mol. The van der Waals surface area contributed by atoms with Crippen LogP contribution in [0.1, 0.15) is 40.0 Å². The zero-order valence-corrected chi connectivity index (χ0v) is 13.4. The molecule has 1 heterocycles. The summed E-state index contributed by atoms with van der Waals surface area (Å²) in [6.07, 6.45) is 4.32. The minimum atomic E-state index is 0. The van der Waals surface area contributed by atoms with Gasteiger partial charge in [0.2, 0.25) is 0 Å². The third kappa shape index (κ3) is 6.68. The molecule has 0 aromatic heterocycles. The van der Waals surface area contributed by atoms with E-state index in [-0.39, 0.29) is 4.70 Å². The van der Waals surface area contributed by atoms with Crippen molar-refractivity contribution in [3.8, 4) is 0 Å². The zero-order chi connectivity index (χ0) is 13.5. The van der Waals surface area contributed by atoms with Gasteiger partial charge in [-0.1, -0.05) is 33.6 Å². The third-order valence-corrected chi connectivity index (χ3v) is 4.08. The smallest absolute Gasteiger partial charge is 0.0857 e. The highest BCUT2D eigenvalue weighted by molar-refractivity contribution is 4.84. The van der Waals surface area contributed by atoms with E-state index in [0.717, 1.165) is 32.2 Å². The number of morpholine rings is 1. The lowest BCUT2D eigenvalue weighted by molar-refractivity contribution is -0.0744. The molecule has 3 nitrogen and oxygen atoms in total. The zero-order valence-electron chi connectivity index (χ0n) is 13.4. The molecule has 116 valence electrons. The van der Waals surface area contributed by atoms with Crippen molar-refractivity contribution in [2.45, 2.75) is 52.2 Å². The first-order valence-corrected chi connectivity index (χ1v) is 7.55. The molecule has 0 aromatic carbocycles. The Morgan fingerprint density at radius 2 is 2.05 bits per heavy atom. The summed E-state index contributed by atoms with van der Waals surface area (Å²) >= 11 is 0. The Morgan fingerprint density at radius 1 is 1.37 bits per heavy atom. The van der Waals surface area contributed by atoms with Gasteiger partial charge < -0.3 is 9.64 Å². The Kier molecular flexibility index (Phi) is 9.58. The Hall–Kier alpha value is -0.190. The lowest BCUT2D eigenvalue weighted by atomic mass is 9.97. The van der Waals surface area contributed by atoms with E-state index in [2.05, 4.69) is 44.7 Å². The van der Waals surface area contributed by atoms with Crippen molar-refractivity contribution in [2.24, 2.45) is 5.92 Å². The Balaban J connectivity index is 0.00000324. The maximum atomic E-state index is 6.01. The van der Waals surface area contributed by atoms with Crippen LogP contribution in [-0.4, -0.2) is 62.3 Å². The standard InChI is InChI=1S/C15H32N2O.FH/c1-6-16(4)12-15-14(9-7-8-13(2)3)17(5)10-11-18-15;/h13-15H,6-12H2,1-5H3;1H/t14-,15-;/m1./s1. The first-order valence-electron chi connectivity index (χ1n) is 7.55. The molecule has 1 fully saturated rings. The number of rotatable bonds is 7. The van der Waals surface area contributed by atoms with Gasteiger partial charge in [0.1, 0.15) is 0 Å². The summed E-state index contributed by atoms with van der Waals surface area (Å²) in [5, 5.41) is 0. The highest BCUT2D eigenvalue weighted by Crippen LogP contribution is 2.20. The number of hydrogen-bond donors (Lipinski definition) is 0. The summed E-state index contributed by atoms with van der Waals surface area (Å²) in [4.78, 5) is 4.86. The van der Waals surface area contributed by atoms with Crippen LogP contribution in [0.4, 0.5) is 4.70 Å². The van der Waals surface area contributed by atoms with Crippen LogP contribution in [0.25, 0.3) is 0 Å². The maximum Gasteiger partial charge on any atom is 0.0857 e. The monoisotopic (exact) mass is 276 g/mol. The highest BCUT2D eigenvalue weighted by atomic mass is 19.0. The van der Waals surface area contributed by atoms with Crippen molar-refractivity contribution in [2.75, 3.05) is 40.3 Å². The minimum absolute atomic E-state index is 0. The summed E-state index contributed by atoms with van der Waals surface area (Å²) in [7, 11) is 4.44. The minimum Gasteiger partial charge on any atom is -0.374 e. The average Bonchev–Trinajstić information content (AvgIpc) is 2.32. The molecule has 2 atom stereocenters. The van der Waals surface area contributed by atoms with E-state index in [0.29, 0.717) is 12.1 Å². The SMILES string of the molecule is CCN(C)C[C@H]1OCCN(C)[C@@H]1CCCC(C)C.F. The van der Waals surface area contributed by atoms with Crippen LogP contribution in [0.3, 0.4) is 0 Å². The molecule has 1 rings (SSSR count). The Morgan fingerprint density at radius 3 is 2.63 bits per heavy atom. The van der Waals surface area contributed by atoms with E-state index in [1.165, 1.54) is 19.3 Å². The molecule has 0 bridgehead atoms. The van der Waals surface area contributed by atoms with E-state index >= 15 is 0 Å². The summed E-state index contributed by atoms with van der Waals surface area (Å²) in [6, 6.07) is 0.603. The van der Waals surface area contributed by atoms with Crippen LogP contribution in [0.2, 0.25) is 0 Å². The van der Waals surface area contributed by atoms with Crippen molar-refractivity contribution in [3.05, 3.63) is 0 Å². The first kappa shape index (κ1) is 18.8. The van der Waals surface area contributed by atoms with Crippen molar-refractivity contribution in [1.82, 2.24) is 9.80 Å². The van der Waals surface area contributed by atoms with Crippen molar-refractivity contribution in [3.63, 3.8) is 0 Å². The van der Waals surface area contributed by atoms with E-state index in [4.69, 9.17) is 4.74 Å².